The van der Waals surface area contributed by atoms with Gasteiger partial charge in [-0.05, 0) is 36.5 Å². The third-order valence-electron chi connectivity index (χ3n) is 4.04. The number of hydrogen-bond acceptors (Lipinski definition) is 3. The van der Waals surface area contributed by atoms with Gasteiger partial charge in [-0.3, -0.25) is 9.67 Å². The average Bonchev–Trinajstić information content (AvgIpc) is 3.17. The van der Waals surface area contributed by atoms with E-state index in [0.29, 0.717) is 5.92 Å². The molecule has 0 aliphatic carbocycles. The molecule has 1 unspecified atom stereocenters. The second kappa shape index (κ2) is 6.81. The van der Waals surface area contributed by atoms with Crippen molar-refractivity contribution in [3.8, 4) is 0 Å². The van der Waals surface area contributed by atoms with Gasteiger partial charge in [-0.25, -0.2) is 4.79 Å². The molecule has 2 aromatic rings. The first-order valence-corrected chi connectivity index (χ1v) is 8.13. The van der Waals surface area contributed by atoms with Gasteiger partial charge in [0.05, 0.1) is 17.9 Å². The summed E-state index contributed by atoms with van der Waals surface area (Å²) in [7, 11) is 0. The number of carbonyl (C=O) groups excluding carboxylic acids is 1. The molecule has 6 heteroatoms. The van der Waals surface area contributed by atoms with E-state index in [0.717, 1.165) is 37.2 Å². The van der Waals surface area contributed by atoms with E-state index in [-0.39, 0.29) is 12.1 Å². The Kier molecular flexibility index (Phi) is 4.60. The minimum Gasteiger partial charge on any atom is -0.317 e. The van der Waals surface area contributed by atoms with E-state index in [1.54, 1.807) is 18.6 Å². The maximum absolute atomic E-state index is 12.6. The maximum Gasteiger partial charge on any atom is 0.322 e. The van der Waals surface area contributed by atoms with Crippen LogP contribution in [-0.4, -0.2) is 32.2 Å². The van der Waals surface area contributed by atoms with Gasteiger partial charge in [0.25, 0.3) is 0 Å². The number of aromatic nitrogens is 3. The van der Waals surface area contributed by atoms with E-state index in [4.69, 9.17) is 0 Å². The highest BCUT2D eigenvalue weighted by atomic mass is 16.2. The van der Waals surface area contributed by atoms with Crippen LogP contribution in [0, 0.1) is 5.92 Å². The summed E-state index contributed by atoms with van der Waals surface area (Å²) in [6.45, 7) is 5.91. The molecule has 1 aliphatic heterocycles. The number of nitrogens with zero attached hydrogens (tertiary/aromatic N) is 4. The van der Waals surface area contributed by atoms with Gasteiger partial charge in [0.2, 0.25) is 0 Å². The molecule has 3 rings (SSSR count). The predicted molar refractivity (Wildman–Crippen MR) is 89.0 cm³/mol. The molecule has 0 aromatic carbocycles. The van der Waals surface area contributed by atoms with Gasteiger partial charge in [-0.15, -0.1) is 0 Å². The summed E-state index contributed by atoms with van der Waals surface area (Å²) >= 11 is 0. The molecule has 0 radical (unpaired) electrons. The Morgan fingerprint density at radius 3 is 2.91 bits per heavy atom. The van der Waals surface area contributed by atoms with Crippen molar-refractivity contribution in [2.24, 2.45) is 5.92 Å². The number of amides is 2. The predicted octanol–water partition coefficient (Wildman–Crippen LogP) is 3.30. The van der Waals surface area contributed by atoms with Crippen LogP contribution >= 0.6 is 0 Å². The summed E-state index contributed by atoms with van der Waals surface area (Å²) in [6, 6.07) is 4.03. The summed E-state index contributed by atoms with van der Waals surface area (Å²) in [5.41, 5.74) is 1.89. The maximum atomic E-state index is 12.6. The second-order valence-electron chi connectivity index (χ2n) is 6.41. The fraction of sp³-hybridized carbons (Fsp3) is 0.471. The molecule has 2 aromatic heterocycles. The fourth-order valence-electron chi connectivity index (χ4n) is 3.04. The molecule has 1 N–H and O–H groups in total. The van der Waals surface area contributed by atoms with Gasteiger partial charge >= 0.3 is 6.03 Å². The smallest absolute Gasteiger partial charge is 0.317 e. The quantitative estimate of drug-likeness (QED) is 0.942. The van der Waals surface area contributed by atoms with Crippen LogP contribution in [0.25, 0.3) is 0 Å². The highest BCUT2D eigenvalue weighted by Gasteiger charge is 2.30. The number of hydrogen-bond donors (Lipinski definition) is 1. The van der Waals surface area contributed by atoms with Gasteiger partial charge in [0.1, 0.15) is 0 Å². The highest BCUT2D eigenvalue weighted by molar-refractivity contribution is 5.89. The van der Waals surface area contributed by atoms with E-state index in [2.05, 4.69) is 29.2 Å². The number of rotatable bonds is 4. The van der Waals surface area contributed by atoms with Crippen LogP contribution in [0.5, 0.6) is 0 Å². The first-order valence-electron chi connectivity index (χ1n) is 8.13. The van der Waals surface area contributed by atoms with Crippen LogP contribution in [0.3, 0.4) is 0 Å². The zero-order valence-corrected chi connectivity index (χ0v) is 13.6. The Hall–Kier alpha value is -2.37. The van der Waals surface area contributed by atoms with Crippen LogP contribution in [0.4, 0.5) is 10.5 Å². The van der Waals surface area contributed by atoms with Crippen LogP contribution in [0.15, 0.2) is 36.9 Å². The molecule has 0 spiro atoms. The zero-order chi connectivity index (χ0) is 16.2. The lowest BCUT2D eigenvalue weighted by Gasteiger charge is -2.24. The Morgan fingerprint density at radius 1 is 1.39 bits per heavy atom. The first-order chi connectivity index (χ1) is 11.1. The van der Waals surface area contributed by atoms with Gasteiger partial charge in [0.15, 0.2) is 0 Å². The average molecular weight is 313 g/mol. The molecular weight excluding hydrogens is 290 g/mol. The molecule has 0 bridgehead atoms. The van der Waals surface area contributed by atoms with E-state index >= 15 is 0 Å². The molecule has 23 heavy (non-hydrogen) atoms. The van der Waals surface area contributed by atoms with Crippen molar-refractivity contribution in [1.29, 1.82) is 0 Å². The Labute approximate surface area is 136 Å². The molecule has 1 aliphatic rings. The number of carbonyl (C=O) groups is 1. The number of urea groups is 1. The van der Waals surface area contributed by atoms with Gasteiger partial charge < -0.3 is 10.2 Å². The summed E-state index contributed by atoms with van der Waals surface area (Å²) in [6.07, 6.45) is 9.16. The van der Waals surface area contributed by atoms with Crippen LogP contribution in [0.1, 0.15) is 38.3 Å². The van der Waals surface area contributed by atoms with Crippen molar-refractivity contribution in [3.63, 3.8) is 0 Å². The zero-order valence-electron chi connectivity index (χ0n) is 13.6. The van der Waals surface area contributed by atoms with Crippen LogP contribution < -0.4 is 5.32 Å². The Morgan fingerprint density at radius 2 is 2.17 bits per heavy atom. The van der Waals surface area contributed by atoms with Crippen molar-refractivity contribution in [2.45, 2.75) is 39.3 Å². The minimum atomic E-state index is -0.0617. The van der Waals surface area contributed by atoms with Crippen molar-refractivity contribution in [2.75, 3.05) is 11.9 Å². The molecule has 122 valence electrons. The lowest BCUT2D eigenvalue weighted by atomic mass is 10.1. The molecule has 2 amide bonds. The van der Waals surface area contributed by atoms with Gasteiger partial charge in [-0.1, -0.05) is 13.8 Å². The molecule has 1 fully saturated rings. The molecule has 1 atom stereocenters. The number of nitrogens with one attached hydrogen (secondary N) is 1. The topological polar surface area (TPSA) is 63.1 Å². The van der Waals surface area contributed by atoms with Crippen molar-refractivity contribution >= 4 is 11.7 Å². The summed E-state index contributed by atoms with van der Waals surface area (Å²) in [5, 5.41) is 7.25. The SMILES string of the molecule is CC(C)Cn1cc(NC(=O)N2CCCC2c2ccncc2)cn1. The first kappa shape index (κ1) is 15.5. The van der Waals surface area contributed by atoms with E-state index in [1.807, 2.05) is 27.9 Å². The number of pyridine rings is 1. The Balaban J connectivity index is 1.66. The summed E-state index contributed by atoms with van der Waals surface area (Å²) < 4.78 is 1.87. The van der Waals surface area contributed by atoms with E-state index in [1.165, 1.54) is 0 Å². The van der Waals surface area contributed by atoms with Gasteiger partial charge in [-0.2, -0.15) is 5.10 Å². The molecule has 3 heterocycles. The normalized spacial score (nSPS) is 17.7. The highest BCUT2D eigenvalue weighted by Crippen LogP contribution is 2.31. The lowest BCUT2D eigenvalue weighted by molar-refractivity contribution is 0.207. The molecule has 1 saturated heterocycles. The van der Waals surface area contributed by atoms with E-state index in [9.17, 15) is 4.79 Å². The van der Waals surface area contributed by atoms with Crippen molar-refractivity contribution in [1.82, 2.24) is 19.7 Å². The molecule has 0 saturated carbocycles. The summed E-state index contributed by atoms with van der Waals surface area (Å²) in [4.78, 5) is 18.5. The fourth-order valence-corrected chi connectivity index (χ4v) is 3.04. The minimum absolute atomic E-state index is 0.0617. The largest absolute Gasteiger partial charge is 0.322 e. The third-order valence-corrected chi connectivity index (χ3v) is 4.04. The van der Waals surface area contributed by atoms with Crippen LogP contribution in [-0.2, 0) is 6.54 Å². The Bertz CT molecular complexity index is 652. The second-order valence-corrected chi connectivity index (χ2v) is 6.41. The van der Waals surface area contributed by atoms with Crippen LogP contribution in [0.2, 0.25) is 0 Å². The molecule has 6 nitrogen and oxygen atoms in total. The number of anilines is 1. The third kappa shape index (κ3) is 3.70. The summed E-state index contributed by atoms with van der Waals surface area (Å²) in [5.74, 6) is 0.521. The van der Waals surface area contributed by atoms with E-state index < -0.39 is 0 Å². The number of likely N-dealkylation sites (tertiary alicyclic amines) is 1. The molecular formula is C17H23N5O. The monoisotopic (exact) mass is 313 g/mol. The lowest BCUT2D eigenvalue weighted by Crippen LogP contribution is -2.34. The van der Waals surface area contributed by atoms with Gasteiger partial charge in [0, 0.05) is 31.7 Å². The van der Waals surface area contributed by atoms with Crippen molar-refractivity contribution in [3.05, 3.63) is 42.5 Å². The standard InChI is InChI=1S/C17H23N5O/c1-13(2)11-21-12-15(10-19-21)20-17(23)22-9-3-4-16(22)14-5-7-18-8-6-14/h5-8,10,12-13,16H,3-4,9,11H2,1-2H3,(H,20,23). The van der Waals surface area contributed by atoms with Crippen molar-refractivity contribution < 1.29 is 4.79 Å².